The highest BCUT2D eigenvalue weighted by molar-refractivity contribution is 6.29. The maximum Gasteiger partial charge on any atom is 0.226 e. The lowest BCUT2D eigenvalue weighted by molar-refractivity contribution is -0.116. The molecular formula is C19H18ClN5O3. The number of fused-ring (bicyclic) bond motifs is 1. The van der Waals surface area contributed by atoms with Crippen LogP contribution in [0.15, 0.2) is 30.3 Å². The predicted molar refractivity (Wildman–Crippen MR) is 104 cm³/mol. The third kappa shape index (κ3) is 2.95. The normalized spacial score (nSPS) is 15.7. The van der Waals surface area contributed by atoms with Crippen molar-refractivity contribution >= 4 is 23.3 Å². The molecular weight excluding hydrogens is 382 g/mol. The fraction of sp³-hybridized carbons (Fsp3) is 0.263. The summed E-state index contributed by atoms with van der Waals surface area (Å²) >= 11 is 5.84. The second-order valence-corrected chi connectivity index (χ2v) is 6.75. The average Bonchev–Trinajstić information content (AvgIpc) is 3.03. The van der Waals surface area contributed by atoms with Crippen molar-refractivity contribution in [3.05, 3.63) is 52.3 Å². The molecule has 1 aliphatic rings. The second-order valence-electron chi connectivity index (χ2n) is 6.36. The minimum absolute atomic E-state index is 0.120. The van der Waals surface area contributed by atoms with Crippen LogP contribution in [0.4, 0.5) is 5.82 Å². The van der Waals surface area contributed by atoms with Gasteiger partial charge in [0.1, 0.15) is 5.82 Å². The first-order chi connectivity index (χ1) is 13.5. The van der Waals surface area contributed by atoms with Gasteiger partial charge in [-0.05, 0) is 25.1 Å². The number of aryl methyl sites for hydroxylation is 1. The molecule has 0 radical (unpaired) electrons. The number of ether oxygens (including phenoxy) is 2. The number of hydrogen-bond acceptors (Lipinski definition) is 6. The molecule has 0 saturated heterocycles. The van der Waals surface area contributed by atoms with E-state index in [2.05, 4.69) is 20.6 Å². The van der Waals surface area contributed by atoms with Crippen LogP contribution in [0.3, 0.4) is 0 Å². The van der Waals surface area contributed by atoms with Gasteiger partial charge in [-0.1, -0.05) is 23.7 Å². The smallest absolute Gasteiger partial charge is 0.226 e. The summed E-state index contributed by atoms with van der Waals surface area (Å²) in [4.78, 5) is 12.5. The molecule has 0 saturated carbocycles. The van der Waals surface area contributed by atoms with E-state index < -0.39 is 0 Å². The van der Waals surface area contributed by atoms with Crippen molar-refractivity contribution in [1.82, 2.24) is 20.0 Å². The van der Waals surface area contributed by atoms with Crippen molar-refractivity contribution in [3.8, 4) is 17.3 Å². The molecule has 3 aromatic rings. The Balaban J connectivity index is 1.89. The van der Waals surface area contributed by atoms with Crippen molar-refractivity contribution in [1.29, 1.82) is 0 Å². The lowest BCUT2D eigenvalue weighted by atomic mass is 9.85. The zero-order chi connectivity index (χ0) is 19.8. The van der Waals surface area contributed by atoms with Gasteiger partial charge in [-0.15, -0.1) is 10.2 Å². The molecule has 0 bridgehead atoms. The predicted octanol–water partition coefficient (Wildman–Crippen LogP) is 3.12. The number of aromatic nitrogens is 4. The van der Waals surface area contributed by atoms with Crippen LogP contribution in [0, 0.1) is 6.92 Å². The monoisotopic (exact) mass is 399 g/mol. The molecule has 1 N–H and O–H groups in total. The van der Waals surface area contributed by atoms with Crippen LogP contribution in [-0.4, -0.2) is 40.1 Å². The van der Waals surface area contributed by atoms with Crippen LogP contribution in [0.5, 0.6) is 11.5 Å². The molecule has 4 rings (SSSR count). The topological polar surface area (TPSA) is 91.2 Å². The molecule has 28 heavy (non-hydrogen) atoms. The Morgan fingerprint density at radius 2 is 2.00 bits per heavy atom. The average molecular weight is 400 g/mol. The third-order valence-corrected chi connectivity index (χ3v) is 4.95. The van der Waals surface area contributed by atoms with E-state index in [1.54, 1.807) is 31.0 Å². The van der Waals surface area contributed by atoms with Gasteiger partial charge in [-0.2, -0.15) is 9.78 Å². The number of hydrogen-bond donors (Lipinski definition) is 1. The van der Waals surface area contributed by atoms with E-state index in [0.29, 0.717) is 23.1 Å². The fourth-order valence-electron chi connectivity index (χ4n) is 3.59. The fourth-order valence-corrected chi connectivity index (χ4v) is 3.69. The molecule has 3 heterocycles. The Bertz CT molecular complexity index is 1050. The van der Waals surface area contributed by atoms with Gasteiger partial charge in [0.15, 0.2) is 22.5 Å². The Labute approximate surface area is 166 Å². The van der Waals surface area contributed by atoms with Gasteiger partial charge in [0.25, 0.3) is 0 Å². The van der Waals surface area contributed by atoms with E-state index >= 15 is 0 Å². The maximum absolute atomic E-state index is 12.5. The highest BCUT2D eigenvalue weighted by atomic mass is 35.5. The summed E-state index contributed by atoms with van der Waals surface area (Å²) in [5.41, 5.74) is 2.55. The molecule has 1 aromatic carbocycles. The maximum atomic E-state index is 12.5. The van der Waals surface area contributed by atoms with Gasteiger partial charge in [-0.3, -0.25) is 4.79 Å². The van der Waals surface area contributed by atoms with Crippen LogP contribution in [0.2, 0.25) is 5.15 Å². The standard InChI is InChI=1S/C19H18ClN5O3/c1-10-17-12(11-5-4-6-13(27-2)18(11)28-3)9-16(26)21-19(17)25(24-10)15-8-7-14(20)22-23-15/h4-8,12H,9H2,1-3H3,(H,21,26)/t12-/m1/s1. The summed E-state index contributed by atoms with van der Waals surface area (Å²) in [6.45, 7) is 1.90. The molecule has 2 aromatic heterocycles. The minimum atomic E-state index is -0.234. The summed E-state index contributed by atoms with van der Waals surface area (Å²) in [7, 11) is 3.17. The van der Waals surface area contributed by atoms with E-state index in [1.165, 1.54) is 0 Å². The summed E-state index contributed by atoms with van der Waals surface area (Å²) in [6.07, 6.45) is 0.273. The lowest BCUT2D eigenvalue weighted by Crippen LogP contribution is -2.25. The SMILES string of the molecule is COc1cccc([C@H]2CC(=O)Nc3c2c(C)nn3-c2ccc(Cl)nn2)c1OC. The van der Waals surface area contributed by atoms with E-state index in [-0.39, 0.29) is 23.4 Å². The first-order valence-corrected chi connectivity index (χ1v) is 9.01. The van der Waals surface area contributed by atoms with E-state index in [9.17, 15) is 4.79 Å². The number of para-hydroxylation sites is 1. The van der Waals surface area contributed by atoms with Crippen LogP contribution in [-0.2, 0) is 4.79 Å². The third-order valence-electron chi connectivity index (χ3n) is 4.75. The number of carbonyl (C=O) groups excluding carboxylic acids is 1. The summed E-state index contributed by atoms with van der Waals surface area (Å²) in [5.74, 6) is 1.90. The number of anilines is 1. The molecule has 1 amide bonds. The number of carbonyl (C=O) groups is 1. The van der Waals surface area contributed by atoms with Crippen LogP contribution < -0.4 is 14.8 Å². The van der Waals surface area contributed by atoms with E-state index in [0.717, 1.165) is 16.8 Å². The van der Waals surface area contributed by atoms with Crippen molar-refractivity contribution in [3.63, 3.8) is 0 Å². The Kier molecular flexibility index (Phi) is 4.64. The molecule has 0 fully saturated rings. The zero-order valence-corrected chi connectivity index (χ0v) is 16.3. The lowest BCUT2D eigenvalue weighted by Gasteiger charge is -2.26. The number of methoxy groups -OCH3 is 2. The highest BCUT2D eigenvalue weighted by Crippen LogP contribution is 2.45. The van der Waals surface area contributed by atoms with E-state index in [4.69, 9.17) is 21.1 Å². The molecule has 144 valence electrons. The van der Waals surface area contributed by atoms with Crippen LogP contribution >= 0.6 is 11.6 Å². The van der Waals surface area contributed by atoms with Gasteiger partial charge in [-0.25, -0.2) is 0 Å². The van der Waals surface area contributed by atoms with Crippen LogP contribution in [0.25, 0.3) is 5.82 Å². The molecule has 8 nitrogen and oxygen atoms in total. The quantitative estimate of drug-likeness (QED) is 0.724. The van der Waals surface area contributed by atoms with Gasteiger partial charge in [0.05, 0.1) is 19.9 Å². The number of benzene rings is 1. The molecule has 0 aliphatic carbocycles. The van der Waals surface area contributed by atoms with Crippen molar-refractivity contribution in [2.45, 2.75) is 19.3 Å². The van der Waals surface area contributed by atoms with Crippen molar-refractivity contribution < 1.29 is 14.3 Å². The van der Waals surface area contributed by atoms with Crippen molar-refractivity contribution in [2.75, 3.05) is 19.5 Å². The summed E-state index contributed by atoms with van der Waals surface area (Å²) in [5, 5.41) is 15.7. The number of nitrogens with one attached hydrogen (secondary N) is 1. The number of nitrogens with zero attached hydrogens (tertiary/aromatic N) is 4. The number of rotatable bonds is 4. The minimum Gasteiger partial charge on any atom is -0.493 e. The van der Waals surface area contributed by atoms with Gasteiger partial charge >= 0.3 is 0 Å². The summed E-state index contributed by atoms with van der Waals surface area (Å²) in [6, 6.07) is 8.97. The highest BCUT2D eigenvalue weighted by Gasteiger charge is 2.35. The van der Waals surface area contributed by atoms with Gasteiger partial charge in [0.2, 0.25) is 5.91 Å². The number of halogens is 1. The molecule has 1 atom stereocenters. The Morgan fingerprint density at radius 3 is 2.68 bits per heavy atom. The molecule has 0 spiro atoms. The molecule has 9 heteroatoms. The van der Waals surface area contributed by atoms with Crippen LogP contribution in [0.1, 0.15) is 29.2 Å². The van der Waals surface area contributed by atoms with E-state index in [1.807, 2.05) is 25.1 Å². The summed E-state index contributed by atoms with van der Waals surface area (Å²) < 4.78 is 12.6. The molecule has 0 unspecified atom stereocenters. The zero-order valence-electron chi connectivity index (χ0n) is 15.6. The van der Waals surface area contributed by atoms with Gasteiger partial charge in [0, 0.05) is 23.5 Å². The largest absolute Gasteiger partial charge is 0.493 e. The first kappa shape index (κ1) is 18.2. The Hall–Kier alpha value is -3.13. The number of amides is 1. The van der Waals surface area contributed by atoms with Crippen molar-refractivity contribution in [2.24, 2.45) is 0 Å². The molecule has 1 aliphatic heterocycles. The van der Waals surface area contributed by atoms with Gasteiger partial charge < -0.3 is 14.8 Å². The first-order valence-electron chi connectivity index (χ1n) is 8.63. The Morgan fingerprint density at radius 1 is 1.18 bits per heavy atom. The second kappa shape index (κ2) is 7.12.